The molecule has 0 heterocycles. The topological polar surface area (TPSA) is 23.8 Å². The van der Waals surface area contributed by atoms with Gasteiger partial charge in [0.15, 0.2) is 0 Å². The second kappa shape index (κ2) is 4.33. The molecule has 0 aromatic heterocycles. The molecular weight excluding hydrogens is 241 g/mol. The highest BCUT2D eigenvalue weighted by atomic mass is 35.5. The Balaban J connectivity index is 2.70. The number of fused-ring (bicyclic) bond motifs is 1. The van der Waals surface area contributed by atoms with Crippen LogP contribution in [0.2, 0.25) is 10.0 Å². The van der Waals surface area contributed by atoms with Crippen LogP contribution in [0.3, 0.4) is 0 Å². The van der Waals surface area contributed by atoms with E-state index in [4.69, 9.17) is 28.5 Å². The molecule has 0 radical (unpaired) electrons. The van der Waals surface area contributed by atoms with Crippen molar-refractivity contribution >= 4 is 34.0 Å². The summed E-state index contributed by atoms with van der Waals surface area (Å²) >= 11 is 11.9. The maximum absolute atomic E-state index is 8.72. The van der Waals surface area contributed by atoms with Crippen molar-refractivity contribution in [2.24, 2.45) is 0 Å². The number of rotatable bonds is 1. The Morgan fingerprint density at radius 2 is 1.62 bits per heavy atom. The molecule has 80 valence electrons. The number of hydrogen-bond donors (Lipinski definition) is 0. The molecule has 2 aromatic carbocycles. The molecule has 0 aliphatic heterocycles. The van der Waals surface area contributed by atoms with E-state index in [9.17, 15) is 0 Å². The van der Waals surface area contributed by atoms with Crippen molar-refractivity contribution in [1.29, 1.82) is 5.26 Å². The highest BCUT2D eigenvalue weighted by molar-refractivity contribution is 6.42. The molecule has 0 fully saturated rings. The van der Waals surface area contributed by atoms with Crippen molar-refractivity contribution in [2.75, 3.05) is 0 Å². The van der Waals surface area contributed by atoms with Crippen LogP contribution < -0.4 is 0 Å². The summed E-state index contributed by atoms with van der Waals surface area (Å²) in [6.07, 6.45) is 0.419. The van der Waals surface area contributed by atoms with Gasteiger partial charge in [0.05, 0.1) is 22.5 Å². The van der Waals surface area contributed by atoms with Gasteiger partial charge in [0.25, 0.3) is 0 Å². The van der Waals surface area contributed by atoms with E-state index < -0.39 is 0 Å². The van der Waals surface area contributed by atoms with Crippen LogP contribution >= 0.6 is 23.2 Å². The molecule has 0 unspecified atom stereocenters. The van der Waals surface area contributed by atoms with Crippen LogP contribution in [-0.4, -0.2) is 0 Å². The van der Waals surface area contributed by atoms with Gasteiger partial charge in [-0.05, 0) is 47.0 Å². The van der Waals surface area contributed by atoms with E-state index in [1.807, 2.05) is 31.2 Å². The Bertz CT molecular complexity index is 597. The summed E-state index contributed by atoms with van der Waals surface area (Å²) in [7, 11) is 0. The van der Waals surface area contributed by atoms with Gasteiger partial charge in [-0.1, -0.05) is 29.3 Å². The Morgan fingerprint density at radius 1 is 1.06 bits per heavy atom. The quantitative estimate of drug-likeness (QED) is 0.729. The van der Waals surface area contributed by atoms with Crippen molar-refractivity contribution in [3.8, 4) is 6.07 Å². The number of benzene rings is 2. The second-order valence-corrected chi connectivity index (χ2v) is 4.54. The molecule has 0 saturated carbocycles. The standard InChI is InChI=1S/C13H9Cl2N/c1-8-4-10-6-12(14)13(15)7-11(10)5-9(8)2-3-16/h4-7H,2H2,1H3. The molecular formula is C13H9Cl2N. The lowest BCUT2D eigenvalue weighted by atomic mass is 10.0. The van der Waals surface area contributed by atoms with Gasteiger partial charge in [-0.15, -0.1) is 0 Å². The van der Waals surface area contributed by atoms with Gasteiger partial charge in [-0.25, -0.2) is 0 Å². The van der Waals surface area contributed by atoms with E-state index in [2.05, 4.69) is 6.07 Å². The molecule has 1 nitrogen and oxygen atoms in total. The van der Waals surface area contributed by atoms with Crippen molar-refractivity contribution in [3.05, 3.63) is 45.4 Å². The average molecular weight is 250 g/mol. The van der Waals surface area contributed by atoms with E-state index in [-0.39, 0.29) is 0 Å². The minimum atomic E-state index is 0.419. The zero-order valence-corrected chi connectivity index (χ0v) is 10.2. The van der Waals surface area contributed by atoms with Crippen molar-refractivity contribution in [2.45, 2.75) is 13.3 Å². The first-order valence-corrected chi connectivity index (χ1v) is 5.62. The van der Waals surface area contributed by atoms with E-state index in [0.717, 1.165) is 21.9 Å². The highest BCUT2D eigenvalue weighted by Crippen LogP contribution is 2.29. The SMILES string of the molecule is Cc1cc2cc(Cl)c(Cl)cc2cc1CC#N. The summed E-state index contributed by atoms with van der Waals surface area (Å²) in [5.74, 6) is 0. The van der Waals surface area contributed by atoms with Gasteiger partial charge in [0, 0.05) is 0 Å². The number of hydrogen-bond acceptors (Lipinski definition) is 1. The average Bonchev–Trinajstić information content (AvgIpc) is 2.23. The molecule has 0 aliphatic carbocycles. The molecule has 0 amide bonds. The highest BCUT2D eigenvalue weighted by Gasteiger charge is 2.04. The Kier molecular flexibility index (Phi) is 3.05. The lowest BCUT2D eigenvalue weighted by molar-refractivity contribution is 1.22. The normalized spacial score (nSPS) is 10.4. The summed E-state index contributed by atoms with van der Waals surface area (Å²) < 4.78 is 0. The smallest absolute Gasteiger partial charge is 0.0669 e. The Labute approximate surface area is 104 Å². The molecule has 0 atom stereocenters. The fraction of sp³-hybridized carbons (Fsp3) is 0.154. The first-order valence-electron chi connectivity index (χ1n) is 4.87. The fourth-order valence-corrected chi connectivity index (χ4v) is 2.07. The third kappa shape index (κ3) is 2.00. The van der Waals surface area contributed by atoms with Crippen LogP contribution in [-0.2, 0) is 6.42 Å². The molecule has 0 aliphatic rings. The monoisotopic (exact) mass is 249 g/mol. The third-order valence-electron chi connectivity index (χ3n) is 2.60. The summed E-state index contributed by atoms with van der Waals surface area (Å²) in [6, 6.07) is 9.87. The van der Waals surface area contributed by atoms with Crippen LogP contribution in [0.4, 0.5) is 0 Å². The van der Waals surface area contributed by atoms with Gasteiger partial charge in [-0.3, -0.25) is 0 Å². The fourth-order valence-electron chi connectivity index (χ4n) is 1.73. The van der Waals surface area contributed by atoms with Gasteiger partial charge in [0.2, 0.25) is 0 Å². The zero-order chi connectivity index (χ0) is 11.7. The van der Waals surface area contributed by atoms with Crippen LogP contribution in [0.5, 0.6) is 0 Å². The maximum atomic E-state index is 8.72. The maximum Gasteiger partial charge on any atom is 0.0669 e. The van der Waals surface area contributed by atoms with Crippen molar-refractivity contribution < 1.29 is 0 Å². The zero-order valence-electron chi connectivity index (χ0n) is 8.72. The lowest BCUT2D eigenvalue weighted by Crippen LogP contribution is -1.88. The third-order valence-corrected chi connectivity index (χ3v) is 3.33. The van der Waals surface area contributed by atoms with Crippen LogP contribution in [0.1, 0.15) is 11.1 Å². The second-order valence-electron chi connectivity index (χ2n) is 3.73. The lowest BCUT2D eigenvalue weighted by Gasteiger charge is -2.06. The van der Waals surface area contributed by atoms with Crippen molar-refractivity contribution in [1.82, 2.24) is 0 Å². The Hall–Kier alpha value is -1.23. The van der Waals surface area contributed by atoms with Gasteiger partial charge in [0.1, 0.15) is 0 Å². The summed E-state index contributed by atoms with van der Waals surface area (Å²) in [4.78, 5) is 0. The van der Waals surface area contributed by atoms with Gasteiger partial charge in [-0.2, -0.15) is 5.26 Å². The summed E-state index contributed by atoms with van der Waals surface area (Å²) in [5.41, 5.74) is 2.14. The van der Waals surface area contributed by atoms with Gasteiger partial charge < -0.3 is 0 Å². The number of aryl methyl sites for hydroxylation is 1. The molecule has 0 spiro atoms. The van der Waals surface area contributed by atoms with Crippen LogP contribution in [0.25, 0.3) is 10.8 Å². The molecule has 2 rings (SSSR count). The van der Waals surface area contributed by atoms with E-state index in [0.29, 0.717) is 16.5 Å². The molecule has 0 N–H and O–H groups in total. The Morgan fingerprint density at radius 3 is 2.19 bits per heavy atom. The van der Waals surface area contributed by atoms with E-state index in [1.165, 1.54) is 0 Å². The predicted molar refractivity (Wildman–Crippen MR) is 68.0 cm³/mol. The van der Waals surface area contributed by atoms with Crippen LogP contribution in [0, 0.1) is 18.3 Å². The molecule has 0 bridgehead atoms. The number of nitriles is 1. The largest absolute Gasteiger partial charge is 0.198 e. The molecule has 2 aromatic rings. The number of nitrogens with zero attached hydrogens (tertiary/aromatic N) is 1. The van der Waals surface area contributed by atoms with E-state index in [1.54, 1.807) is 0 Å². The predicted octanol–water partition coefficient (Wildman–Crippen LogP) is 4.52. The first kappa shape index (κ1) is 11.3. The minimum Gasteiger partial charge on any atom is -0.198 e. The molecule has 16 heavy (non-hydrogen) atoms. The summed E-state index contributed by atoms with van der Waals surface area (Å²) in [6.45, 7) is 1.99. The first-order chi connectivity index (χ1) is 7.61. The van der Waals surface area contributed by atoms with E-state index >= 15 is 0 Å². The minimum absolute atomic E-state index is 0.419. The molecule has 0 saturated heterocycles. The van der Waals surface area contributed by atoms with Crippen molar-refractivity contribution in [3.63, 3.8) is 0 Å². The van der Waals surface area contributed by atoms with Crippen LogP contribution in [0.15, 0.2) is 24.3 Å². The summed E-state index contributed by atoms with van der Waals surface area (Å²) in [5, 5.41) is 11.9. The molecule has 3 heteroatoms. The van der Waals surface area contributed by atoms with Gasteiger partial charge >= 0.3 is 0 Å². The number of halogens is 2.